The van der Waals surface area contributed by atoms with Crippen LogP contribution in [0.4, 0.5) is 13.2 Å². The van der Waals surface area contributed by atoms with Crippen LogP contribution in [0.3, 0.4) is 0 Å². The topological polar surface area (TPSA) is 41.4 Å². The monoisotopic (exact) mass is 448 g/mol. The third-order valence-electron chi connectivity index (χ3n) is 5.30. The Labute approximate surface area is 182 Å². The van der Waals surface area contributed by atoms with Gasteiger partial charge in [0.2, 0.25) is 0 Å². The summed E-state index contributed by atoms with van der Waals surface area (Å²) in [7, 11) is 2.01. The number of carbonyl (C=O) groups excluding carboxylic acids is 1. The molecule has 9 heteroatoms. The Hall–Kier alpha value is -2.84. The normalized spacial score (nSPS) is 15.3. The van der Waals surface area contributed by atoms with Gasteiger partial charge in [0.1, 0.15) is 0 Å². The van der Waals surface area contributed by atoms with Crippen LogP contribution in [-0.4, -0.2) is 58.7 Å². The SMILES string of the molecule is CN1CCN(C(=O)c2ccc(-c3cc(C(F)(F)F)nn3-c3ccccc3Cl)cc2)CC1. The van der Waals surface area contributed by atoms with Crippen LogP contribution in [0.2, 0.25) is 5.02 Å². The summed E-state index contributed by atoms with van der Waals surface area (Å²) in [6, 6.07) is 14.1. The second-order valence-electron chi connectivity index (χ2n) is 7.45. The first-order valence-electron chi connectivity index (χ1n) is 9.74. The molecule has 1 saturated heterocycles. The van der Waals surface area contributed by atoms with Crippen molar-refractivity contribution in [1.82, 2.24) is 19.6 Å². The van der Waals surface area contributed by atoms with Crippen molar-refractivity contribution in [2.24, 2.45) is 0 Å². The number of piperazine rings is 1. The molecule has 1 aliphatic rings. The Morgan fingerprint density at radius 3 is 2.26 bits per heavy atom. The summed E-state index contributed by atoms with van der Waals surface area (Å²) in [6.45, 7) is 2.90. The molecule has 3 aromatic rings. The summed E-state index contributed by atoms with van der Waals surface area (Å²) < 4.78 is 41.2. The Balaban J connectivity index is 1.68. The molecule has 1 aromatic heterocycles. The number of hydrogen-bond acceptors (Lipinski definition) is 3. The summed E-state index contributed by atoms with van der Waals surface area (Å²) >= 11 is 6.21. The molecule has 0 aliphatic carbocycles. The van der Waals surface area contributed by atoms with E-state index < -0.39 is 11.9 Å². The summed E-state index contributed by atoms with van der Waals surface area (Å²) in [5.41, 5.74) is 0.553. The lowest BCUT2D eigenvalue weighted by Gasteiger charge is -2.32. The maximum absolute atomic E-state index is 13.4. The Morgan fingerprint density at radius 2 is 1.65 bits per heavy atom. The molecule has 0 bridgehead atoms. The maximum atomic E-state index is 13.4. The molecule has 2 heterocycles. The number of para-hydroxylation sites is 1. The van der Waals surface area contributed by atoms with Crippen molar-refractivity contribution < 1.29 is 18.0 Å². The van der Waals surface area contributed by atoms with E-state index in [1.807, 2.05) is 7.05 Å². The summed E-state index contributed by atoms with van der Waals surface area (Å²) in [5, 5.41) is 4.03. The molecular weight excluding hydrogens is 429 g/mol. The highest BCUT2D eigenvalue weighted by molar-refractivity contribution is 6.32. The summed E-state index contributed by atoms with van der Waals surface area (Å²) in [5.74, 6) is -0.0877. The first-order valence-corrected chi connectivity index (χ1v) is 10.1. The highest BCUT2D eigenvalue weighted by Gasteiger charge is 2.35. The molecule has 1 aliphatic heterocycles. The van der Waals surface area contributed by atoms with E-state index in [1.54, 1.807) is 53.4 Å². The number of hydrogen-bond donors (Lipinski definition) is 0. The van der Waals surface area contributed by atoms with Crippen molar-refractivity contribution in [3.05, 3.63) is 70.9 Å². The van der Waals surface area contributed by atoms with Gasteiger partial charge in [-0.15, -0.1) is 0 Å². The minimum atomic E-state index is -4.60. The van der Waals surface area contributed by atoms with Gasteiger partial charge in [-0.3, -0.25) is 4.79 Å². The minimum absolute atomic E-state index is 0.0877. The number of amides is 1. The molecule has 1 amide bonds. The Morgan fingerprint density at radius 1 is 1.00 bits per heavy atom. The number of carbonyl (C=O) groups is 1. The predicted molar refractivity (Wildman–Crippen MR) is 112 cm³/mol. The van der Waals surface area contributed by atoms with Crippen LogP contribution in [0.25, 0.3) is 16.9 Å². The molecule has 0 unspecified atom stereocenters. The molecule has 2 aromatic carbocycles. The van der Waals surface area contributed by atoms with Crippen LogP contribution in [0.5, 0.6) is 0 Å². The van der Waals surface area contributed by atoms with Gasteiger partial charge in [0.15, 0.2) is 5.69 Å². The van der Waals surface area contributed by atoms with Gasteiger partial charge in [-0.05, 0) is 37.4 Å². The Bertz CT molecular complexity index is 1090. The fourth-order valence-electron chi connectivity index (χ4n) is 3.51. The molecule has 0 atom stereocenters. The van der Waals surface area contributed by atoms with E-state index in [-0.39, 0.29) is 16.6 Å². The van der Waals surface area contributed by atoms with E-state index >= 15 is 0 Å². The second kappa shape index (κ2) is 8.36. The molecule has 4 rings (SSSR count). The highest BCUT2D eigenvalue weighted by Crippen LogP contribution is 2.34. The van der Waals surface area contributed by atoms with Crippen LogP contribution >= 0.6 is 11.6 Å². The van der Waals surface area contributed by atoms with Crippen molar-refractivity contribution in [2.45, 2.75) is 6.18 Å². The number of benzene rings is 2. The van der Waals surface area contributed by atoms with Gasteiger partial charge >= 0.3 is 6.18 Å². The van der Waals surface area contributed by atoms with Gasteiger partial charge in [0.25, 0.3) is 5.91 Å². The standard InChI is InChI=1S/C22H20ClF3N4O/c1-28-10-12-29(13-11-28)21(31)16-8-6-15(7-9-16)19-14-20(22(24,25)26)27-30(19)18-5-3-2-4-17(18)23/h2-9,14H,10-13H2,1H3. The molecule has 0 N–H and O–H groups in total. The molecule has 1 fully saturated rings. The van der Waals surface area contributed by atoms with Crippen molar-refractivity contribution in [3.8, 4) is 16.9 Å². The van der Waals surface area contributed by atoms with Gasteiger partial charge < -0.3 is 9.80 Å². The zero-order valence-corrected chi connectivity index (χ0v) is 17.5. The van der Waals surface area contributed by atoms with Crippen LogP contribution in [0.1, 0.15) is 16.1 Å². The van der Waals surface area contributed by atoms with Gasteiger partial charge in [-0.1, -0.05) is 35.9 Å². The molecule has 5 nitrogen and oxygen atoms in total. The minimum Gasteiger partial charge on any atom is -0.336 e. The lowest BCUT2D eigenvalue weighted by molar-refractivity contribution is -0.141. The third-order valence-corrected chi connectivity index (χ3v) is 5.62. The van der Waals surface area contributed by atoms with Crippen molar-refractivity contribution in [3.63, 3.8) is 0 Å². The van der Waals surface area contributed by atoms with E-state index in [1.165, 1.54) is 4.68 Å². The Kier molecular flexibility index (Phi) is 5.77. The van der Waals surface area contributed by atoms with Crippen LogP contribution in [0, 0.1) is 0 Å². The number of aromatic nitrogens is 2. The fraction of sp³-hybridized carbons (Fsp3) is 0.273. The smallest absolute Gasteiger partial charge is 0.336 e. The molecule has 162 valence electrons. The van der Waals surface area contributed by atoms with Crippen LogP contribution in [-0.2, 0) is 6.18 Å². The second-order valence-corrected chi connectivity index (χ2v) is 7.86. The molecule has 31 heavy (non-hydrogen) atoms. The van der Waals surface area contributed by atoms with E-state index in [0.717, 1.165) is 19.2 Å². The van der Waals surface area contributed by atoms with Crippen molar-refractivity contribution in [2.75, 3.05) is 33.2 Å². The molecular formula is C22H20ClF3N4O. The molecule has 0 radical (unpaired) electrons. The largest absolute Gasteiger partial charge is 0.435 e. The number of alkyl halides is 3. The number of rotatable bonds is 3. The van der Waals surface area contributed by atoms with Gasteiger partial charge in [0, 0.05) is 37.3 Å². The van der Waals surface area contributed by atoms with Crippen LogP contribution < -0.4 is 0 Å². The zero-order valence-electron chi connectivity index (χ0n) is 16.7. The quantitative estimate of drug-likeness (QED) is 0.588. The highest BCUT2D eigenvalue weighted by atomic mass is 35.5. The molecule has 0 spiro atoms. The van der Waals surface area contributed by atoms with Gasteiger partial charge in [-0.2, -0.15) is 18.3 Å². The first kappa shape index (κ1) is 21.4. The lowest BCUT2D eigenvalue weighted by Crippen LogP contribution is -2.47. The van der Waals surface area contributed by atoms with Crippen LogP contribution in [0.15, 0.2) is 54.6 Å². The van der Waals surface area contributed by atoms with Crippen molar-refractivity contribution >= 4 is 17.5 Å². The third kappa shape index (κ3) is 4.45. The van der Waals surface area contributed by atoms with E-state index in [4.69, 9.17) is 11.6 Å². The number of nitrogens with zero attached hydrogens (tertiary/aromatic N) is 4. The number of halogens is 4. The van der Waals surface area contributed by atoms with Gasteiger partial charge in [-0.25, -0.2) is 4.68 Å². The van der Waals surface area contributed by atoms with E-state index in [0.29, 0.717) is 29.9 Å². The van der Waals surface area contributed by atoms with Gasteiger partial charge in [0.05, 0.1) is 16.4 Å². The summed E-state index contributed by atoms with van der Waals surface area (Å²) in [6.07, 6.45) is -4.60. The first-order chi connectivity index (χ1) is 14.7. The summed E-state index contributed by atoms with van der Waals surface area (Å²) in [4.78, 5) is 16.7. The lowest BCUT2D eigenvalue weighted by atomic mass is 10.1. The number of likely N-dealkylation sites (N-methyl/N-ethyl adjacent to an activating group) is 1. The average molecular weight is 449 g/mol. The zero-order chi connectivity index (χ0) is 22.2. The fourth-order valence-corrected chi connectivity index (χ4v) is 3.72. The predicted octanol–water partition coefficient (Wildman–Crippen LogP) is 4.60. The van der Waals surface area contributed by atoms with E-state index in [2.05, 4.69) is 10.00 Å². The molecule has 0 saturated carbocycles. The van der Waals surface area contributed by atoms with E-state index in [9.17, 15) is 18.0 Å². The average Bonchev–Trinajstić information content (AvgIpc) is 3.20. The maximum Gasteiger partial charge on any atom is 0.435 e. The van der Waals surface area contributed by atoms with Crippen molar-refractivity contribution in [1.29, 1.82) is 0 Å².